The van der Waals surface area contributed by atoms with Crippen LogP contribution in [0.25, 0.3) is 0 Å². The minimum absolute atomic E-state index is 0.124. The van der Waals surface area contributed by atoms with Crippen LogP contribution in [0, 0.1) is 12.3 Å². The van der Waals surface area contributed by atoms with Crippen LogP contribution in [-0.2, 0) is 11.3 Å². The van der Waals surface area contributed by atoms with Crippen molar-refractivity contribution in [3.8, 4) is 0 Å². The number of carbonyl (C=O) groups is 2. The first-order valence-corrected chi connectivity index (χ1v) is 8.01. The van der Waals surface area contributed by atoms with Crippen LogP contribution in [0.2, 0.25) is 0 Å². The molecule has 24 heavy (non-hydrogen) atoms. The smallest absolute Gasteiger partial charge is 0.253 e. The zero-order valence-electron chi connectivity index (χ0n) is 14.6. The van der Waals surface area contributed by atoms with Gasteiger partial charge in [-0.3, -0.25) is 9.59 Å². The Morgan fingerprint density at radius 3 is 2.21 bits per heavy atom. The number of carbonyl (C=O) groups excluding carboxylic acids is 2. The third-order valence-corrected chi connectivity index (χ3v) is 3.67. The maximum Gasteiger partial charge on any atom is 0.253 e. The fourth-order valence-corrected chi connectivity index (χ4v) is 2.08. The Morgan fingerprint density at radius 1 is 0.958 bits per heavy atom. The van der Waals surface area contributed by atoms with Gasteiger partial charge in [-0.05, 0) is 24.6 Å². The molecule has 0 saturated carbocycles. The van der Waals surface area contributed by atoms with E-state index in [-0.39, 0.29) is 11.8 Å². The third kappa shape index (κ3) is 4.69. The third-order valence-electron chi connectivity index (χ3n) is 3.67. The maximum absolute atomic E-state index is 12.5. The zero-order valence-corrected chi connectivity index (χ0v) is 14.6. The molecular weight excluding hydrogens is 300 g/mol. The summed E-state index contributed by atoms with van der Waals surface area (Å²) in [4.78, 5) is 24.7. The lowest BCUT2D eigenvalue weighted by atomic mass is 9.95. The van der Waals surface area contributed by atoms with E-state index >= 15 is 0 Å². The number of aryl methyl sites for hydroxylation is 1. The lowest BCUT2D eigenvalue weighted by molar-refractivity contribution is -0.123. The van der Waals surface area contributed by atoms with Crippen LogP contribution in [-0.4, -0.2) is 11.8 Å². The molecule has 4 heteroatoms. The highest BCUT2D eigenvalue weighted by molar-refractivity contribution is 6.04. The SMILES string of the molecule is Cc1ccc(CNC(=O)c2ccccc2NC(=O)C(C)(C)C)cc1. The molecule has 0 aliphatic heterocycles. The molecule has 0 unspecified atom stereocenters. The van der Waals surface area contributed by atoms with Gasteiger partial charge in [-0.15, -0.1) is 0 Å². The lowest BCUT2D eigenvalue weighted by Crippen LogP contribution is -2.30. The van der Waals surface area contributed by atoms with Gasteiger partial charge < -0.3 is 10.6 Å². The van der Waals surface area contributed by atoms with Crippen LogP contribution in [0.1, 0.15) is 42.3 Å². The van der Waals surface area contributed by atoms with E-state index in [1.807, 2.05) is 52.0 Å². The Morgan fingerprint density at radius 2 is 1.58 bits per heavy atom. The normalized spacial score (nSPS) is 11.0. The predicted octanol–water partition coefficient (Wildman–Crippen LogP) is 3.91. The highest BCUT2D eigenvalue weighted by atomic mass is 16.2. The molecule has 2 aromatic rings. The van der Waals surface area contributed by atoms with E-state index in [0.717, 1.165) is 5.56 Å². The molecule has 0 saturated heterocycles. The molecule has 0 spiro atoms. The first kappa shape index (κ1) is 17.7. The van der Waals surface area contributed by atoms with E-state index < -0.39 is 5.41 Å². The van der Waals surface area contributed by atoms with Gasteiger partial charge in [0.05, 0.1) is 11.3 Å². The van der Waals surface area contributed by atoms with Gasteiger partial charge in [-0.2, -0.15) is 0 Å². The Hall–Kier alpha value is -2.62. The van der Waals surface area contributed by atoms with E-state index in [1.165, 1.54) is 5.56 Å². The number of nitrogens with one attached hydrogen (secondary N) is 2. The summed E-state index contributed by atoms with van der Waals surface area (Å²) < 4.78 is 0. The van der Waals surface area contributed by atoms with Crippen LogP contribution < -0.4 is 10.6 Å². The molecule has 0 aliphatic rings. The molecule has 0 bridgehead atoms. The second-order valence-corrected chi connectivity index (χ2v) is 6.92. The van der Waals surface area contributed by atoms with E-state index in [9.17, 15) is 9.59 Å². The van der Waals surface area contributed by atoms with E-state index in [4.69, 9.17) is 0 Å². The summed E-state index contributed by atoms with van der Waals surface area (Å²) in [6.07, 6.45) is 0. The number of rotatable bonds is 4. The fourth-order valence-electron chi connectivity index (χ4n) is 2.08. The second-order valence-electron chi connectivity index (χ2n) is 6.92. The molecule has 2 aromatic carbocycles. The second kappa shape index (κ2) is 7.30. The van der Waals surface area contributed by atoms with Gasteiger partial charge in [0, 0.05) is 12.0 Å². The average Bonchev–Trinajstić information content (AvgIpc) is 2.53. The first-order valence-electron chi connectivity index (χ1n) is 8.01. The van der Waals surface area contributed by atoms with Gasteiger partial charge in [0.15, 0.2) is 0 Å². The highest BCUT2D eigenvalue weighted by Crippen LogP contribution is 2.20. The summed E-state index contributed by atoms with van der Waals surface area (Å²) in [5.74, 6) is -0.332. The number of amides is 2. The minimum Gasteiger partial charge on any atom is -0.348 e. The molecule has 4 nitrogen and oxygen atoms in total. The Labute approximate surface area is 143 Å². The van der Waals surface area contributed by atoms with Crippen molar-refractivity contribution in [2.24, 2.45) is 5.41 Å². The minimum atomic E-state index is -0.522. The fraction of sp³-hybridized carbons (Fsp3) is 0.300. The van der Waals surface area contributed by atoms with Crippen molar-refractivity contribution in [3.63, 3.8) is 0 Å². The van der Waals surface area contributed by atoms with Crippen molar-refractivity contribution in [1.82, 2.24) is 5.32 Å². The standard InChI is InChI=1S/C20H24N2O2/c1-14-9-11-15(12-10-14)13-21-18(23)16-7-5-6-8-17(16)22-19(24)20(2,3)4/h5-12H,13H2,1-4H3,(H,21,23)(H,22,24). The molecule has 0 aromatic heterocycles. The summed E-state index contributed by atoms with van der Waals surface area (Å²) in [6, 6.07) is 15.0. The highest BCUT2D eigenvalue weighted by Gasteiger charge is 2.22. The van der Waals surface area contributed by atoms with Crippen molar-refractivity contribution in [2.45, 2.75) is 34.2 Å². The van der Waals surface area contributed by atoms with Gasteiger partial charge >= 0.3 is 0 Å². The molecule has 126 valence electrons. The number of anilines is 1. The average molecular weight is 324 g/mol. The molecule has 2 N–H and O–H groups in total. The van der Waals surface area contributed by atoms with Crippen molar-refractivity contribution in [1.29, 1.82) is 0 Å². The number of hydrogen-bond donors (Lipinski definition) is 2. The summed E-state index contributed by atoms with van der Waals surface area (Å²) in [5, 5.41) is 5.73. The zero-order chi connectivity index (χ0) is 17.7. The quantitative estimate of drug-likeness (QED) is 0.896. The topological polar surface area (TPSA) is 58.2 Å². The number of hydrogen-bond acceptors (Lipinski definition) is 2. The van der Waals surface area contributed by atoms with Gasteiger partial charge in [-0.1, -0.05) is 62.7 Å². The number of para-hydroxylation sites is 1. The predicted molar refractivity (Wildman–Crippen MR) is 96.9 cm³/mol. The molecule has 0 atom stereocenters. The van der Waals surface area contributed by atoms with Crippen LogP contribution in [0.5, 0.6) is 0 Å². The van der Waals surface area contributed by atoms with Crippen LogP contribution in [0.3, 0.4) is 0 Å². The van der Waals surface area contributed by atoms with Crippen LogP contribution in [0.15, 0.2) is 48.5 Å². The molecule has 2 rings (SSSR count). The van der Waals surface area contributed by atoms with Gasteiger partial charge in [0.25, 0.3) is 5.91 Å². The van der Waals surface area contributed by atoms with Gasteiger partial charge in [0.1, 0.15) is 0 Å². The summed E-state index contributed by atoms with van der Waals surface area (Å²) in [7, 11) is 0. The molecule has 2 amide bonds. The van der Waals surface area contributed by atoms with Crippen molar-refractivity contribution < 1.29 is 9.59 Å². The van der Waals surface area contributed by atoms with Crippen molar-refractivity contribution in [2.75, 3.05) is 5.32 Å². The summed E-state index contributed by atoms with van der Waals surface area (Å²) in [6.45, 7) is 7.98. The monoisotopic (exact) mass is 324 g/mol. The molecule has 0 aliphatic carbocycles. The van der Waals surface area contributed by atoms with Gasteiger partial charge in [-0.25, -0.2) is 0 Å². The van der Waals surface area contributed by atoms with Crippen molar-refractivity contribution >= 4 is 17.5 Å². The van der Waals surface area contributed by atoms with Crippen molar-refractivity contribution in [3.05, 3.63) is 65.2 Å². The van der Waals surface area contributed by atoms with Crippen LogP contribution in [0.4, 0.5) is 5.69 Å². The summed E-state index contributed by atoms with van der Waals surface area (Å²) in [5.41, 5.74) is 2.68. The van der Waals surface area contributed by atoms with E-state index in [0.29, 0.717) is 17.8 Å². The molecule has 0 heterocycles. The molecule has 0 radical (unpaired) electrons. The lowest BCUT2D eigenvalue weighted by Gasteiger charge is -2.19. The van der Waals surface area contributed by atoms with Crippen LogP contribution >= 0.6 is 0 Å². The molecule has 0 fully saturated rings. The Balaban J connectivity index is 2.09. The largest absolute Gasteiger partial charge is 0.348 e. The summed E-state index contributed by atoms with van der Waals surface area (Å²) >= 11 is 0. The maximum atomic E-state index is 12.5. The Bertz CT molecular complexity index is 728. The Kier molecular flexibility index (Phi) is 5.39. The first-order chi connectivity index (χ1) is 11.3. The van der Waals surface area contributed by atoms with E-state index in [1.54, 1.807) is 24.3 Å². The molecular formula is C20H24N2O2. The number of benzene rings is 2. The van der Waals surface area contributed by atoms with Gasteiger partial charge in [0.2, 0.25) is 5.91 Å². The van der Waals surface area contributed by atoms with E-state index in [2.05, 4.69) is 10.6 Å².